The monoisotopic (exact) mass is 506 g/mol. The van der Waals surface area contributed by atoms with E-state index in [2.05, 4.69) is 40.7 Å². The van der Waals surface area contributed by atoms with Crippen LogP contribution in [0, 0.1) is 46.3 Å². The molecule has 204 valence electrons. The molecule has 37 heavy (non-hydrogen) atoms. The lowest BCUT2D eigenvalue weighted by atomic mass is 9.47. The molecule has 1 aromatic rings. The summed E-state index contributed by atoms with van der Waals surface area (Å²) >= 11 is 0. The fourth-order valence-electron chi connectivity index (χ4n) is 9.50. The largest absolute Gasteiger partial charge is 0.514 e. The van der Waals surface area contributed by atoms with Crippen LogP contribution in [0.25, 0.3) is 0 Å². The van der Waals surface area contributed by atoms with Crippen molar-refractivity contribution in [3.05, 3.63) is 42.0 Å². The van der Waals surface area contributed by atoms with Gasteiger partial charge in [-0.1, -0.05) is 83.7 Å². The Hall–Kier alpha value is -1.77. The lowest BCUT2D eigenvalue weighted by Crippen LogP contribution is -2.51. The smallest absolute Gasteiger partial charge is 0.430 e. The van der Waals surface area contributed by atoms with E-state index in [1.54, 1.807) is 17.7 Å². The molecule has 0 aliphatic heterocycles. The van der Waals surface area contributed by atoms with Crippen LogP contribution in [0.4, 0.5) is 4.79 Å². The number of rotatable bonds is 7. The molecule has 0 bridgehead atoms. The molecule has 3 saturated carbocycles. The molecule has 5 rings (SSSR count). The minimum absolute atomic E-state index is 0.0662. The van der Waals surface area contributed by atoms with E-state index >= 15 is 0 Å². The first kappa shape index (κ1) is 26.8. The van der Waals surface area contributed by atoms with Crippen LogP contribution in [-0.2, 0) is 4.74 Å². The first-order chi connectivity index (χ1) is 17.7. The fourth-order valence-corrected chi connectivity index (χ4v) is 9.50. The Labute approximate surface area is 225 Å². The van der Waals surface area contributed by atoms with Crippen molar-refractivity contribution in [2.24, 2.45) is 46.3 Å². The number of hydrogen-bond acceptors (Lipinski definition) is 3. The van der Waals surface area contributed by atoms with Crippen molar-refractivity contribution in [2.45, 2.75) is 111 Å². The molecule has 8 atom stereocenters. The highest BCUT2D eigenvalue weighted by Crippen LogP contribution is 2.67. The molecule has 0 unspecified atom stereocenters. The van der Waals surface area contributed by atoms with Gasteiger partial charge in [-0.2, -0.15) is 0 Å². The van der Waals surface area contributed by atoms with Gasteiger partial charge in [0, 0.05) is 6.42 Å². The summed E-state index contributed by atoms with van der Waals surface area (Å²) in [6, 6.07) is 9.23. The van der Waals surface area contributed by atoms with Crippen molar-refractivity contribution >= 4 is 6.16 Å². The maximum Gasteiger partial charge on any atom is 0.514 e. The van der Waals surface area contributed by atoms with Gasteiger partial charge in [0.15, 0.2) is 0 Å². The van der Waals surface area contributed by atoms with Gasteiger partial charge < -0.3 is 9.47 Å². The Morgan fingerprint density at radius 2 is 1.76 bits per heavy atom. The van der Waals surface area contributed by atoms with E-state index in [-0.39, 0.29) is 11.5 Å². The number of hydrogen-bond donors (Lipinski definition) is 0. The zero-order valence-electron chi connectivity index (χ0n) is 24.0. The summed E-state index contributed by atoms with van der Waals surface area (Å²) in [6.07, 6.45) is 16.0. The van der Waals surface area contributed by atoms with E-state index in [1.807, 2.05) is 18.2 Å². The third-order valence-electron chi connectivity index (χ3n) is 11.5. The zero-order valence-corrected chi connectivity index (χ0v) is 24.0. The van der Waals surface area contributed by atoms with E-state index in [9.17, 15) is 4.79 Å². The number of fused-ring (bicyclic) bond motifs is 5. The molecular weight excluding hydrogens is 456 g/mol. The van der Waals surface area contributed by atoms with Gasteiger partial charge in [-0.15, -0.1) is 0 Å². The predicted octanol–water partition coefficient (Wildman–Crippen LogP) is 9.61. The lowest BCUT2D eigenvalue weighted by Gasteiger charge is -2.58. The summed E-state index contributed by atoms with van der Waals surface area (Å²) in [5.74, 6) is 5.64. The van der Waals surface area contributed by atoms with Crippen molar-refractivity contribution in [1.82, 2.24) is 0 Å². The average Bonchev–Trinajstić information content (AvgIpc) is 3.22. The van der Waals surface area contributed by atoms with Crippen molar-refractivity contribution in [2.75, 3.05) is 0 Å². The molecule has 4 aliphatic carbocycles. The SMILES string of the molecule is CC(C)CCC[C@H](C)[C@@H]1CC[C@@H]2[C@H]3CC=C4C[C@@H](OC(=O)Oc5ccccc5)CC[C@]4(C)[C@@H]3CC[C@@]21C. The van der Waals surface area contributed by atoms with Crippen LogP contribution in [0.1, 0.15) is 105 Å². The normalized spacial score (nSPS) is 37.7. The molecule has 3 heteroatoms. The molecule has 0 spiro atoms. The quantitative estimate of drug-likeness (QED) is 0.210. The van der Waals surface area contributed by atoms with E-state index < -0.39 is 6.16 Å². The third kappa shape index (κ3) is 5.26. The van der Waals surface area contributed by atoms with Gasteiger partial charge in [0.05, 0.1) is 0 Å². The standard InChI is InChI=1S/C34H50O3/c1-23(2)10-9-11-24(3)29-16-17-30-28-15-14-25-22-27(37-32(35)36-26-12-7-6-8-13-26)18-20-33(25,4)31(28)19-21-34(29,30)5/h6-8,12-14,23-24,27-31H,9-11,15-22H2,1-5H3/t24-,27-,28+,29-,30+,31+,33-,34+/m0/s1. The molecule has 3 fully saturated rings. The summed E-state index contributed by atoms with van der Waals surface area (Å²) in [5.41, 5.74) is 2.36. The van der Waals surface area contributed by atoms with E-state index in [0.717, 1.165) is 54.8 Å². The van der Waals surface area contributed by atoms with Crippen LogP contribution in [0.15, 0.2) is 42.0 Å². The first-order valence-corrected chi connectivity index (χ1v) is 15.3. The van der Waals surface area contributed by atoms with Crippen LogP contribution in [-0.4, -0.2) is 12.3 Å². The first-order valence-electron chi connectivity index (χ1n) is 15.3. The third-order valence-corrected chi connectivity index (χ3v) is 11.5. The van der Waals surface area contributed by atoms with Crippen LogP contribution in [0.5, 0.6) is 5.75 Å². The molecule has 0 amide bonds. The zero-order chi connectivity index (χ0) is 26.2. The maximum absolute atomic E-state index is 12.4. The van der Waals surface area contributed by atoms with Gasteiger partial charge in [-0.3, -0.25) is 0 Å². The number of benzene rings is 1. The second-order valence-electron chi connectivity index (χ2n) is 13.9. The number of carbonyl (C=O) groups is 1. The molecule has 3 nitrogen and oxygen atoms in total. The minimum atomic E-state index is -0.568. The highest BCUT2D eigenvalue weighted by molar-refractivity contribution is 5.64. The number of ether oxygens (including phenoxy) is 2. The highest BCUT2D eigenvalue weighted by Gasteiger charge is 2.59. The van der Waals surface area contributed by atoms with Gasteiger partial charge in [0.2, 0.25) is 0 Å². The van der Waals surface area contributed by atoms with Gasteiger partial charge in [-0.25, -0.2) is 4.79 Å². The number of para-hydroxylation sites is 1. The van der Waals surface area contributed by atoms with Crippen molar-refractivity contribution in [1.29, 1.82) is 0 Å². The topological polar surface area (TPSA) is 35.5 Å². The Bertz CT molecular complexity index is 967. The summed E-state index contributed by atoms with van der Waals surface area (Å²) in [5, 5.41) is 0. The van der Waals surface area contributed by atoms with Gasteiger partial charge >= 0.3 is 6.16 Å². The summed E-state index contributed by atoms with van der Waals surface area (Å²) < 4.78 is 11.2. The van der Waals surface area contributed by atoms with Gasteiger partial charge in [0.1, 0.15) is 11.9 Å². The second kappa shape index (κ2) is 10.8. The Kier molecular flexibility index (Phi) is 7.81. The number of carbonyl (C=O) groups excluding carboxylic acids is 1. The van der Waals surface area contributed by atoms with Gasteiger partial charge in [-0.05, 0) is 103 Å². The van der Waals surface area contributed by atoms with E-state index in [0.29, 0.717) is 11.2 Å². The fraction of sp³-hybridized carbons (Fsp3) is 0.735. The average molecular weight is 507 g/mol. The Morgan fingerprint density at radius 1 is 0.973 bits per heavy atom. The van der Waals surface area contributed by atoms with Crippen molar-refractivity contribution in [3.8, 4) is 5.75 Å². The second-order valence-corrected chi connectivity index (χ2v) is 13.9. The van der Waals surface area contributed by atoms with E-state index in [4.69, 9.17) is 9.47 Å². The molecule has 0 radical (unpaired) electrons. The molecule has 0 aromatic heterocycles. The summed E-state index contributed by atoms with van der Waals surface area (Å²) in [6.45, 7) is 12.5. The molecular formula is C34H50O3. The molecule has 0 heterocycles. The molecule has 0 saturated heterocycles. The van der Waals surface area contributed by atoms with Crippen LogP contribution >= 0.6 is 0 Å². The van der Waals surface area contributed by atoms with Gasteiger partial charge in [0.25, 0.3) is 0 Å². The van der Waals surface area contributed by atoms with Crippen molar-refractivity contribution < 1.29 is 14.3 Å². The van der Waals surface area contributed by atoms with Crippen LogP contribution in [0.2, 0.25) is 0 Å². The molecule has 0 N–H and O–H groups in total. The molecule has 1 aromatic carbocycles. The van der Waals surface area contributed by atoms with Crippen LogP contribution in [0.3, 0.4) is 0 Å². The molecule has 4 aliphatic rings. The predicted molar refractivity (Wildman–Crippen MR) is 150 cm³/mol. The lowest BCUT2D eigenvalue weighted by molar-refractivity contribution is -0.0597. The summed E-state index contributed by atoms with van der Waals surface area (Å²) in [7, 11) is 0. The van der Waals surface area contributed by atoms with Crippen molar-refractivity contribution in [3.63, 3.8) is 0 Å². The summed E-state index contributed by atoms with van der Waals surface area (Å²) in [4.78, 5) is 12.4. The van der Waals surface area contributed by atoms with Crippen LogP contribution < -0.4 is 4.74 Å². The minimum Gasteiger partial charge on any atom is -0.430 e. The van der Waals surface area contributed by atoms with E-state index in [1.165, 1.54) is 51.4 Å². The highest BCUT2D eigenvalue weighted by atomic mass is 16.7. The Morgan fingerprint density at radius 3 is 2.51 bits per heavy atom. The maximum atomic E-state index is 12.4. The number of allylic oxidation sites excluding steroid dienone is 1. The Balaban J connectivity index is 1.22.